The van der Waals surface area contributed by atoms with Gasteiger partial charge in [-0.15, -0.1) is 0 Å². The lowest BCUT2D eigenvalue weighted by molar-refractivity contribution is -0.116. The first kappa shape index (κ1) is 15.2. The Kier molecular flexibility index (Phi) is 5.56. The fraction of sp³-hybridized carbons (Fsp3) is 0.545. The van der Waals surface area contributed by atoms with Crippen molar-refractivity contribution in [2.75, 3.05) is 30.8 Å². The van der Waals surface area contributed by atoms with Crippen LogP contribution in [0.3, 0.4) is 0 Å². The highest BCUT2D eigenvalue weighted by molar-refractivity contribution is 7.11. The summed E-state index contributed by atoms with van der Waals surface area (Å²) in [6.45, 7) is 2.72. The molecule has 2 amide bonds. The van der Waals surface area contributed by atoms with Gasteiger partial charge in [-0.3, -0.25) is 9.59 Å². The number of nitrogen functional groups attached to an aromatic ring is 1. The largest absolute Gasteiger partial charge is 0.382 e. The molecular weight excluding hydrogens is 266 g/mol. The monoisotopic (exact) mass is 285 g/mol. The van der Waals surface area contributed by atoms with Crippen molar-refractivity contribution in [3.8, 4) is 0 Å². The van der Waals surface area contributed by atoms with Crippen molar-refractivity contribution in [2.24, 2.45) is 5.73 Å². The molecule has 0 spiro atoms. The molecule has 1 heterocycles. The number of carbonyl (C=O) groups is 2. The first-order chi connectivity index (χ1) is 9.01. The number of hydrogen-bond acceptors (Lipinski definition) is 6. The summed E-state index contributed by atoms with van der Waals surface area (Å²) in [5.74, 6) is -0.594. The van der Waals surface area contributed by atoms with Gasteiger partial charge in [0, 0.05) is 13.6 Å². The van der Waals surface area contributed by atoms with E-state index in [0.717, 1.165) is 24.4 Å². The van der Waals surface area contributed by atoms with Gasteiger partial charge in [0.25, 0.3) is 5.91 Å². The minimum Gasteiger partial charge on any atom is -0.382 e. The molecule has 1 aromatic heterocycles. The fourth-order valence-electron chi connectivity index (χ4n) is 1.64. The van der Waals surface area contributed by atoms with Gasteiger partial charge in [-0.1, -0.05) is 13.3 Å². The van der Waals surface area contributed by atoms with Crippen LogP contribution in [-0.2, 0) is 4.79 Å². The number of carbonyl (C=O) groups excluding carboxylic acids is 2. The maximum Gasteiger partial charge on any atom is 0.257 e. The number of hydrogen-bond donors (Lipinski definition) is 3. The highest BCUT2D eigenvalue weighted by atomic mass is 32.1. The Morgan fingerprint density at radius 2 is 2.16 bits per heavy atom. The van der Waals surface area contributed by atoms with E-state index in [1.807, 2.05) is 6.92 Å². The predicted octanol–water partition coefficient (Wildman–Crippen LogP) is 0.177. The first-order valence-electron chi connectivity index (χ1n) is 6.01. The van der Waals surface area contributed by atoms with Gasteiger partial charge in [0.2, 0.25) is 5.91 Å². The minimum atomic E-state index is -0.453. The number of amides is 2. The molecule has 0 aliphatic heterocycles. The van der Waals surface area contributed by atoms with Crippen LogP contribution in [0.2, 0.25) is 0 Å². The Hall–Kier alpha value is -1.83. The Morgan fingerprint density at radius 1 is 1.47 bits per heavy atom. The van der Waals surface area contributed by atoms with E-state index in [2.05, 4.69) is 9.69 Å². The van der Waals surface area contributed by atoms with Crippen molar-refractivity contribution in [1.82, 2.24) is 9.69 Å². The average Bonchev–Trinajstić information content (AvgIpc) is 2.75. The van der Waals surface area contributed by atoms with Gasteiger partial charge in [-0.05, 0) is 18.0 Å². The number of nitrogens with zero attached hydrogens (tertiary/aromatic N) is 2. The third kappa shape index (κ3) is 3.82. The van der Waals surface area contributed by atoms with Crippen molar-refractivity contribution in [3.63, 3.8) is 0 Å². The van der Waals surface area contributed by atoms with Crippen LogP contribution in [0, 0.1) is 0 Å². The summed E-state index contributed by atoms with van der Waals surface area (Å²) in [4.78, 5) is 24.7. The Balaban J connectivity index is 3.07. The number of rotatable bonds is 7. The van der Waals surface area contributed by atoms with Crippen molar-refractivity contribution in [3.05, 3.63) is 5.56 Å². The molecule has 0 bridgehead atoms. The predicted molar refractivity (Wildman–Crippen MR) is 76.2 cm³/mol. The molecule has 106 valence electrons. The quantitative estimate of drug-likeness (QED) is 0.661. The van der Waals surface area contributed by atoms with Gasteiger partial charge >= 0.3 is 0 Å². The zero-order valence-corrected chi connectivity index (χ0v) is 11.9. The smallest absolute Gasteiger partial charge is 0.257 e. The van der Waals surface area contributed by atoms with Crippen molar-refractivity contribution in [1.29, 1.82) is 0 Å². The molecule has 19 heavy (non-hydrogen) atoms. The molecule has 0 aliphatic rings. The molecular formula is C11H19N5O2S. The summed E-state index contributed by atoms with van der Waals surface area (Å²) in [5.41, 5.74) is 11.3. The summed E-state index contributed by atoms with van der Waals surface area (Å²) in [7, 11) is 1.52. The number of nitrogens with one attached hydrogen (secondary N) is 1. The van der Waals surface area contributed by atoms with Crippen molar-refractivity contribution in [2.45, 2.75) is 19.8 Å². The maximum atomic E-state index is 11.8. The normalized spacial score (nSPS) is 10.2. The molecule has 1 aromatic rings. The molecule has 0 atom stereocenters. The SMILES string of the molecule is CCCCN(CC(N)=O)c1snc(N)c1C(=O)NC. The molecule has 1 rings (SSSR count). The van der Waals surface area contributed by atoms with Gasteiger partial charge < -0.3 is 21.7 Å². The third-order valence-corrected chi connectivity index (χ3v) is 3.49. The Morgan fingerprint density at radius 3 is 2.68 bits per heavy atom. The van der Waals surface area contributed by atoms with Crippen LogP contribution < -0.4 is 21.7 Å². The van der Waals surface area contributed by atoms with Gasteiger partial charge in [0.15, 0.2) is 5.82 Å². The highest BCUT2D eigenvalue weighted by Crippen LogP contribution is 2.30. The molecule has 0 radical (unpaired) electrons. The van der Waals surface area contributed by atoms with E-state index in [1.54, 1.807) is 4.90 Å². The van der Waals surface area contributed by atoms with Gasteiger partial charge in [-0.2, -0.15) is 4.37 Å². The van der Waals surface area contributed by atoms with E-state index in [-0.39, 0.29) is 18.3 Å². The molecule has 0 aliphatic carbocycles. The fourth-order valence-corrected chi connectivity index (χ4v) is 2.47. The summed E-state index contributed by atoms with van der Waals surface area (Å²) in [6.07, 6.45) is 1.86. The van der Waals surface area contributed by atoms with E-state index < -0.39 is 5.91 Å². The lowest BCUT2D eigenvalue weighted by Crippen LogP contribution is -2.35. The van der Waals surface area contributed by atoms with Crippen LogP contribution >= 0.6 is 11.5 Å². The summed E-state index contributed by atoms with van der Waals surface area (Å²) in [5, 5.41) is 3.10. The minimum absolute atomic E-state index is 0.0472. The molecule has 8 heteroatoms. The second kappa shape index (κ2) is 6.93. The van der Waals surface area contributed by atoms with Gasteiger partial charge in [0.1, 0.15) is 10.6 Å². The van der Waals surface area contributed by atoms with Crippen molar-refractivity contribution < 1.29 is 9.59 Å². The van der Waals surface area contributed by atoms with Crippen molar-refractivity contribution >= 4 is 34.2 Å². The molecule has 7 nitrogen and oxygen atoms in total. The standard InChI is InChI=1S/C11H19N5O2S/c1-3-4-5-16(6-7(12)17)11-8(10(18)14-2)9(13)15-19-11/h3-6H2,1-2H3,(H2,12,17)(H2,13,15)(H,14,18). The molecule has 5 N–H and O–H groups in total. The zero-order chi connectivity index (χ0) is 14.4. The number of unbranched alkanes of at least 4 members (excludes halogenated alkanes) is 1. The Labute approximate surface area is 116 Å². The number of aromatic nitrogens is 1. The molecule has 0 saturated heterocycles. The summed E-state index contributed by atoms with van der Waals surface area (Å²) >= 11 is 1.10. The highest BCUT2D eigenvalue weighted by Gasteiger charge is 2.23. The van der Waals surface area contributed by atoms with Crippen LogP contribution in [0.4, 0.5) is 10.8 Å². The van der Waals surface area contributed by atoms with E-state index >= 15 is 0 Å². The zero-order valence-electron chi connectivity index (χ0n) is 11.1. The van der Waals surface area contributed by atoms with Gasteiger partial charge in [0.05, 0.1) is 6.54 Å². The number of primary amides is 1. The summed E-state index contributed by atoms with van der Waals surface area (Å²) < 4.78 is 3.99. The third-order valence-electron chi connectivity index (χ3n) is 2.57. The lowest BCUT2D eigenvalue weighted by Gasteiger charge is -2.21. The second-order valence-corrected chi connectivity index (χ2v) is 4.82. The van der Waals surface area contributed by atoms with Crippen LogP contribution in [-0.4, -0.2) is 36.3 Å². The van der Waals surface area contributed by atoms with Crippen LogP contribution in [0.1, 0.15) is 30.1 Å². The summed E-state index contributed by atoms with van der Waals surface area (Å²) in [6, 6.07) is 0. The lowest BCUT2D eigenvalue weighted by atomic mass is 10.2. The van der Waals surface area contributed by atoms with E-state index in [0.29, 0.717) is 17.1 Å². The van der Waals surface area contributed by atoms with Crippen LogP contribution in [0.15, 0.2) is 0 Å². The molecule has 0 aromatic carbocycles. The number of anilines is 2. The van der Waals surface area contributed by atoms with E-state index in [4.69, 9.17) is 11.5 Å². The Bertz CT molecular complexity index is 460. The van der Waals surface area contributed by atoms with E-state index in [9.17, 15) is 9.59 Å². The van der Waals surface area contributed by atoms with Crippen LogP contribution in [0.5, 0.6) is 0 Å². The maximum absolute atomic E-state index is 11.8. The average molecular weight is 285 g/mol. The molecule has 0 saturated carbocycles. The molecule has 0 fully saturated rings. The number of nitrogens with two attached hydrogens (primary N) is 2. The molecule has 0 unspecified atom stereocenters. The second-order valence-electron chi connectivity index (χ2n) is 4.07. The van der Waals surface area contributed by atoms with Gasteiger partial charge in [-0.25, -0.2) is 0 Å². The first-order valence-corrected chi connectivity index (χ1v) is 6.79. The van der Waals surface area contributed by atoms with E-state index in [1.165, 1.54) is 7.05 Å². The topological polar surface area (TPSA) is 114 Å². The van der Waals surface area contributed by atoms with Crippen LogP contribution in [0.25, 0.3) is 0 Å².